The van der Waals surface area contributed by atoms with Crippen LogP contribution < -0.4 is 9.64 Å². The molecule has 1 fully saturated rings. The first-order valence-corrected chi connectivity index (χ1v) is 10.8. The fourth-order valence-electron chi connectivity index (χ4n) is 3.35. The van der Waals surface area contributed by atoms with Crippen LogP contribution in [0.5, 0.6) is 5.75 Å². The van der Waals surface area contributed by atoms with Crippen LogP contribution in [0, 0.1) is 13.8 Å². The quantitative estimate of drug-likeness (QED) is 0.630. The summed E-state index contributed by atoms with van der Waals surface area (Å²) in [4.78, 5) is 2.14. The molecule has 0 unspecified atom stereocenters. The molecule has 1 aliphatic rings. The van der Waals surface area contributed by atoms with Crippen molar-refractivity contribution in [2.75, 3.05) is 38.2 Å². The highest BCUT2D eigenvalue weighted by Crippen LogP contribution is 2.30. The number of ether oxygens (including phenoxy) is 1. The highest BCUT2D eigenvalue weighted by molar-refractivity contribution is 7.89. The number of aromatic nitrogens is 1. The highest BCUT2D eigenvalue weighted by Gasteiger charge is 2.32. The molecule has 0 spiro atoms. The second-order valence-electron chi connectivity index (χ2n) is 6.93. The summed E-state index contributed by atoms with van der Waals surface area (Å²) in [5.41, 5.74) is 2.59. The zero-order valence-electron chi connectivity index (χ0n) is 16.6. The van der Waals surface area contributed by atoms with E-state index in [-0.39, 0.29) is 5.09 Å². The van der Waals surface area contributed by atoms with E-state index in [4.69, 9.17) is 13.7 Å². The molecular formula is C20H23N3O5S. The monoisotopic (exact) mass is 417 g/mol. The molecule has 0 radical (unpaired) electrons. The van der Waals surface area contributed by atoms with Gasteiger partial charge in [0.1, 0.15) is 5.75 Å². The predicted molar refractivity (Wildman–Crippen MR) is 108 cm³/mol. The molecule has 9 heteroatoms. The van der Waals surface area contributed by atoms with E-state index in [1.165, 1.54) is 10.4 Å². The summed E-state index contributed by atoms with van der Waals surface area (Å²) in [5.74, 6) is 1.59. The molecule has 154 valence electrons. The van der Waals surface area contributed by atoms with Crippen molar-refractivity contribution in [2.45, 2.75) is 18.9 Å². The highest BCUT2D eigenvalue weighted by atomic mass is 32.2. The third-order valence-electron chi connectivity index (χ3n) is 5.21. The second kappa shape index (κ2) is 7.57. The Bertz CT molecular complexity index is 1110. The van der Waals surface area contributed by atoms with Gasteiger partial charge in [0.15, 0.2) is 5.76 Å². The number of benzene rings is 1. The van der Waals surface area contributed by atoms with Gasteiger partial charge in [-0.25, -0.2) is 8.42 Å². The minimum absolute atomic E-state index is 0.0872. The maximum absolute atomic E-state index is 13.0. The number of nitrogens with zero attached hydrogens (tertiary/aromatic N) is 3. The van der Waals surface area contributed by atoms with Gasteiger partial charge in [-0.3, -0.25) is 0 Å². The van der Waals surface area contributed by atoms with Crippen LogP contribution in [0.25, 0.3) is 11.5 Å². The Morgan fingerprint density at radius 2 is 1.83 bits per heavy atom. The molecule has 0 amide bonds. The minimum Gasteiger partial charge on any atom is -0.497 e. The first-order chi connectivity index (χ1) is 13.9. The molecule has 0 aliphatic carbocycles. The summed E-state index contributed by atoms with van der Waals surface area (Å²) < 4.78 is 43.6. The average Bonchev–Trinajstić information content (AvgIpc) is 3.36. The molecule has 3 aromatic rings. The molecule has 1 saturated heterocycles. The van der Waals surface area contributed by atoms with Gasteiger partial charge in [0.05, 0.1) is 12.8 Å². The lowest BCUT2D eigenvalue weighted by Gasteiger charge is -2.35. The number of piperazine rings is 1. The zero-order chi connectivity index (χ0) is 20.6. The zero-order valence-corrected chi connectivity index (χ0v) is 17.4. The molecule has 0 N–H and O–H groups in total. The minimum atomic E-state index is -3.72. The Morgan fingerprint density at radius 1 is 1.07 bits per heavy atom. The SMILES string of the molecule is COc1cccc(N2CCN(S(=O)(=O)c3ccc(-c4onc(C)c4C)o3)CC2)c1. The van der Waals surface area contributed by atoms with Gasteiger partial charge in [-0.1, -0.05) is 11.2 Å². The van der Waals surface area contributed by atoms with Crippen molar-refractivity contribution in [3.05, 3.63) is 47.7 Å². The first kappa shape index (κ1) is 19.5. The Morgan fingerprint density at radius 3 is 2.48 bits per heavy atom. The third-order valence-corrected chi connectivity index (χ3v) is 6.99. The van der Waals surface area contributed by atoms with Crippen molar-refractivity contribution < 1.29 is 22.1 Å². The van der Waals surface area contributed by atoms with E-state index in [0.717, 1.165) is 22.7 Å². The van der Waals surface area contributed by atoms with Crippen LogP contribution >= 0.6 is 0 Å². The molecule has 0 bridgehead atoms. The number of aryl methyl sites for hydroxylation is 1. The number of anilines is 1. The number of methoxy groups -OCH3 is 1. The number of hydrogen-bond acceptors (Lipinski definition) is 7. The Balaban J connectivity index is 1.49. The summed E-state index contributed by atoms with van der Waals surface area (Å²) in [6, 6.07) is 10.8. The number of sulfonamides is 1. The Kier molecular flexibility index (Phi) is 5.10. The van der Waals surface area contributed by atoms with Crippen molar-refractivity contribution in [1.82, 2.24) is 9.46 Å². The van der Waals surface area contributed by atoms with Crippen LogP contribution in [0.1, 0.15) is 11.3 Å². The van der Waals surface area contributed by atoms with Crippen molar-refractivity contribution >= 4 is 15.7 Å². The second-order valence-corrected chi connectivity index (χ2v) is 8.80. The van der Waals surface area contributed by atoms with E-state index >= 15 is 0 Å². The van der Waals surface area contributed by atoms with Crippen LogP contribution in [0.3, 0.4) is 0 Å². The van der Waals surface area contributed by atoms with Crippen molar-refractivity contribution in [2.24, 2.45) is 0 Å². The Labute approximate surface area is 169 Å². The molecule has 3 heterocycles. The van der Waals surface area contributed by atoms with Crippen LogP contribution in [0.15, 0.2) is 50.4 Å². The van der Waals surface area contributed by atoms with Crippen molar-refractivity contribution in [3.63, 3.8) is 0 Å². The van der Waals surface area contributed by atoms with Crippen LogP contribution in [-0.4, -0.2) is 51.2 Å². The number of furan rings is 1. The average molecular weight is 417 g/mol. The van der Waals surface area contributed by atoms with Gasteiger partial charge in [-0.2, -0.15) is 4.31 Å². The maximum atomic E-state index is 13.0. The van der Waals surface area contributed by atoms with Crippen LogP contribution in [-0.2, 0) is 10.0 Å². The molecule has 4 rings (SSSR count). The van der Waals surface area contributed by atoms with Crippen molar-refractivity contribution in [1.29, 1.82) is 0 Å². The van der Waals surface area contributed by atoms with Gasteiger partial charge < -0.3 is 18.6 Å². The van der Waals surface area contributed by atoms with Crippen LogP contribution in [0.4, 0.5) is 5.69 Å². The lowest BCUT2D eigenvalue weighted by Crippen LogP contribution is -2.48. The van der Waals surface area contributed by atoms with E-state index in [0.29, 0.717) is 37.7 Å². The lowest BCUT2D eigenvalue weighted by atomic mass is 10.2. The van der Waals surface area contributed by atoms with Gasteiger partial charge in [0.2, 0.25) is 10.9 Å². The van der Waals surface area contributed by atoms with E-state index in [1.54, 1.807) is 13.2 Å². The summed E-state index contributed by atoms with van der Waals surface area (Å²) in [7, 11) is -2.09. The molecule has 0 atom stereocenters. The molecule has 1 aliphatic heterocycles. The van der Waals surface area contributed by atoms with Gasteiger partial charge in [-0.05, 0) is 38.1 Å². The number of rotatable bonds is 5. The van der Waals surface area contributed by atoms with E-state index in [1.807, 2.05) is 38.1 Å². The molecule has 1 aromatic carbocycles. The summed E-state index contributed by atoms with van der Waals surface area (Å²) in [6.45, 7) is 5.59. The number of hydrogen-bond donors (Lipinski definition) is 0. The van der Waals surface area contributed by atoms with Gasteiger partial charge in [-0.15, -0.1) is 0 Å². The molecule has 2 aromatic heterocycles. The summed E-state index contributed by atoms with van der Waals surface area (Å²) >= 11 is 0. The molecule has 8 nitrogen and oxygen atoms in total. The Hall–Kier alpha value is -2.78. The molecular weight excluding hydrogens is 394 g/mol. The summed E-state index contributed by atoms with van der Waals surface area (Å²) in [5, 5.41) is 3.81. The van der Waals surface area contributed by atoms with Crippen molar-refractivity contribution in [3.8, 4) is 17.3 Å². The fourth-order valence-corrected chi connectivity index (χ4v) is 4.68. The molecule has 0 saturated carbocycles. The standard InChI is InChI=1S/C20H23N3O5S/c1-14-15(2)21-28-20(14)18-7-8-19(27-18)29(24,25)23-11-9-22(10-12-23)16-5-4-6-17(13-16)26-3/h4-8,13H,9-12H2,1-3H3. The fraction of sp³-hybridized carbons (Fsp3) is 0.350. The van der Waals surface area contributed by atoms with Gasteiger partial charge in [0, 0.05) is 43.5 Å². The third kappa shape index (κ3) is 3.63. The largest absolute Gasteiger partial charge is 0.497 e. The van der Waals surface area contributed by atoms with E-state index in [2.05, 4.69) is 10.1 Å². The van der Waals surface area contributed by atoms with E-state index < -0.39 is 10.0 Å². The smallest absolute Gasteiger partial charge is 0.276 e. The summed E-state index contributed by atoms with van der Waals surface area (Å²) in [6.07, 6.45) is 0. The van der Waals surface area contributed by atoms with Gasteiger partial charge in [0.25, 0.3) is 10.0 Å². The predicted octanol–water partition coefficient (Wildman–Crippen LogP) is 3.07. The molecule has 29 heavy (non-hydrogen) atoms. The van der Waals surface area contributed by atoms with Crippen LogP contribution in [0.2, 0.25) is 0 Å². The normalized spacial score (nSPS) is 15.6. The topological polar surface area (TPSA) is 89.0 Å². The first-order valence-electron chi connectivity index (χ1n) is 9.32. The maximum Gasteiger partial charge on any atom is 0.276 e. The van der Waals surface area contributed by atoms with E-state index in [9.17, 15) is 8.42 Å². The lowest BCUT2D eigenvalue weighted by molar-refractivity contribution is 0.358. The van der Waals surface area contributed by atoms with Gasteiger partial charge >= 0.3 is 0 Å².